The Morgan fingerprint density at radius 1 is 0.600 bits per heavy atom. The Hall–Kier alpha value is -1.27. The molecular weight excluding hydrogens is 204 g/mol. The lowest BCUT2D eigenvalue weighted by Crippen LogP contribution is -1.85. The van der Waals surface area contributed by atoms with Gasteiger partial charge in [-0.3, -0.25) is 0 Å². The Morgan fingerprint density at radius 2 is 0.933 bits per heavy atom. The van der Waals surface area contributed by atoms with E-state index >= 15 is 0 Å². The van der Waals surface area contributed by atoms with Crippen LogP contribution < -0.4 is 0 Å². The van der Waals surface area contributed by atoms with Gasteiger partial charge in [0.2, 0.25) is 0 Å². The van der Waals surface area contributed by atoms with Crippen molar-refractivity contribution < 1.29 is 0 Å². The second-order valence-corrected chi connectivity index (χ2v) is 3.15. The van der Waals surface area contributed by atoms with Crippen molar-refractivity contribution in [1.29, 1.82) is 0 Å². The maximum Gasteiger partial charge on any atom is -0.00258 e. The molecule has 0 aromatic heterocycles. The molecule has 1 heteroatoms. The highest BCUT2D eigenvalue weighted by Crippen LogP contribution is 2.07. The van der Waals surface area contributed by atoms with Gasteiger partial charge in [-0.15, -0.1) is 12.4 Å². The van der Waals surface area contributed by atoms with Crippen molar-refractivity contribution in [2.45, 2.75) is 13.8 Å². The minimum atomic E-state index is 0. The molecule has 0 radical (unpaired) electrons. The number of hydrogen-bond donors (Lipinski definition) is 0. The fourth-order valence-electron chi connectivity index (χ4n) is 1.43. The SMILES string of the molecule is C.Cl.c1ccc(Cc2ccccc2)cc1. The van der Waals surface area contributed by atoms with E-state index in [1.54, 1.807) is 0 Å². The van der Waals surface area contributed by atoms with Crippen LogP contribution in [0.25, 0.3) is 0 Å². The van der Waals surface area contributed by atoms with Gasteiger partial charge in [-0.1, -0.05) is 68.1 Å². The number of halogens is 1. The van der Waals surface area contributed by atoms with Crippen molar-refractivity contribution >= 4 is 12.4 Å². The molecule has 2 aromatic carbocycles. The normalized spacial score (nSPS) is 8.53. The summed E-state index contributed by atoms with van der Waals surface area (Å²) in [5, 5.41) is 0. The first-order valence-electron chi connectivity index (χ1n) is 4.53. The maximum atomic E-state index is 2.16. The van der Waals surface area contributed by atoms with Crippen LogP contribution in [0.5, 0.6) is 0 Å². The Kier molecular flexibility index (Phi) is 6.48. The van der Waals surface area contributed by atoms with E-state index in [9.17, 15) is 0 Å². The van der Waals surface area contributed by atoms with Crippen LogP contribution in [0.3, 0.4) is 0 Å². The van der Waals surface area contributed by atoms with Crippen molar-refractivity contribution in [3.63, 3.8) is 0 Å². The molecule has 0 aliphatic rings. The Bertz CT molecular complexity index is 316. The summed E-state index contributed by atoms with van der Waals surface area (Å²) >= 11 is 0. The average Bonchev–Trinajstić information content (AvgIpc) is 2.21. The minimum absolute atomic E-state index is 0. The van der Waals surface area contributed by atoms with Crippen molar-refractivity contribution in [2.75, 3.05) is 0 Å². The molecule has 0 nitrogen and oxygen atoms in total. The van der Waals surface area contributed by atoms with Gasteiger partial charge in [-0.2, -0.15) is 0 Å². The molecule has 0 unspecified atom stereocenters. The third-order valence-electron chi connectivity index (χ3n) is 2.09. The first-order valence-corrected chi connectivity index (χ1v) is 4.53. The van der Waals surface area contributed by atoms with E-state index in [2.05, 4.69) is 60.7 Å². The zero-order valence-corrected chi connectivity index (χ0v) is 8.71. The molecule has 0 N–H and O–H groups in total. The molecule has 0 spiro atoms. The monoisotopic (exact) mass is 220 g/mol. The van der Waals surface area contributed by atoms with Crippen LogP contribution in [-0.4, -0.2) is 0 Å². The van der Waals surface area contributed by atoms with E-state index in [0.717, 1.165) is 6.42 Å². The number of hydrogen-bond acceptors (Lipinski definition) is 0. The predicted molar refractivity (Wildman–Crippen MR) is 69.7 cm³/mol. The summed E-state index contributed by atoms with van der Waals surface area (Å²) in [4.78, 5) is 0. The fourth-order valence-corrected chi connectivity index (χ4v) is 1.43. The van der Waals surface area contributed by atoms with E-state index < -0.39 is 0 Å². The van der Waals surface area contributed by atoms with E-state index in [0.29, 0.717) is 0 Å². The quantitative estimate of drug-likeness (QED) is 0.707. The largest absolute Gasteiger partial charge is 0.147 e. The summed E-state index contributed by atoms with van der Waals surface area (Å²) in [6.45, 7) is 0. The summed E-state index contributed by atoms with van der Waals surface area (Å²) in [5.41, 5.74) is 2.74. The van der Waals surface area contributed by atoms with Crippen LogP contribution >= 0.6 is 12.4 Å². The van der Waals surface area contributed by atoms with E-state index in [1.807, 2.05) is 0 Å². The highest BCUT2D eigenvalue weighted by atomic mass is 35.5. The standard InChI is InChI=1S/C13H12.CH4.ClH/c1-3-7-12(8-4-1)11-13-9-5-2-6-10-13;;/h1-10H,11H2;1H4;1H. The third-order valence-corrected chi connectivity index (χ3v) is 2.09. The highest BCUT2D eigenvalue weighted by molar-refractivity contribution is 5.85. The van der Waals surface area contributed by atoms with E-state index in [-0.39, 0.29) is 19.8 Å². The van der Waals surface area contributed by atoms with Gasteiger partial charge in [0.05, 0.1) is 0 Å². The molecule has 0 fully saturated rings. The number of rotatable bonds is 2. The molecule has 0 saturated carbocycles. The van der Waals surface area contributed by atoms with Crippen molar-refractivity contribution in [1.82, 2.24) is 0 Å². The van der Waals surface area contributed by atoms with Gasteiger partial charge in [0, 0.05) is 0 Å². The molecule has 80 valence electrons. The lowest BCUT2D eigenvalue weighted by molar-refractivity contribution is 1.19. The predicted octanol–water partition coefficient (Wildman–Crippen LogP) is 4.34. The van der Waals surface area contributed by atoms with Crippen LogP contribution in [0.2, 0.25) is 0 Å². The molecule has 2 aromatic rings. The molecule has 0 amide bonds. The molecular formula is C14H17Cl. The summed E-state index contributed by atoms with van der Waals surface area (Å²) in [5.74, 6) is 0. The first kappa shape index (κ1) is 13.7. The van der Waals surface area contributed by atoms with Gasteiger partial charge in [0.1, 0.15) is 0 Å². The molecule has 0 heterocycles. The van der Waals surface area contributed by atoms with Crippen LogP contribution in [0.4, 0.5) is 0 Å². The summed E-state index contributed by atoms with van der Waals surface area (Å²) < 4.78 is 0. The van der Waals surface area contributed by atoms with Crippen molar-refractivity contribution in [3.8, 4) is 0 Å². The second kappa shape index (κ2) is 7.08. The van der Waals surface area contributed by atoms with Gasteiger partial charge in [-0.25, -0.2) is 0 Å². The van der Waals surface area contributed by atoms with Crippen LogP contribution in [0.15, 0.2) is 60.7 Å². The van der Waals surface area contributed by atoms with Gasteiger partial charge < -0.3 is 0 Å². The Labute approximate surface area is 98.4 Å². The summed E-state index contributed by atoms with van der Waals surface area (Å²) in [6.07, 6.45) is 1.03. The summed E-state index contributed by atoms with van der Waals surface area (Å²) in [7, 11) is 0. The maximum absolute atomic E-state index is 2.16. The average molecular weight is 221 g/mol. The topological polar surface area (TPSA) is 0 Å². The van der Waals surface area contributed by atoms with Gasteiger partial charge in [-0.05, 0) is 17.5 Å². The molecule has 0 aliphatic carbocycles. The van der Waals surface area contributed by atoms with Crippen LogP contribution in [-0.2, 0) is 6.42 Å². The zero-order chi connectivity index (χ0) is 8.93. The third kappa shape index (κ3) is 4.18. The Morgan fingerprint density at radius 3 is 1.27 bits per heavy atom. The van der Waals surface area contributed by atoms with Gasteiger partial charge >= 0.3 is 0 Å². The second-order valence-electron chi connectivity index (χ2n) is 3.15. The number of benzene rings is 2. The first-order chi connectivity index (χ1) is 6.45. The molecule has 0 atom stereocenters. The molecule has 0 bridgehead atoms. The molecule has 15 heavy (non-hydrogen) atoms. The fraction of sp³-hybridized carbons (Fsp3) is 0.143. The Balaban J connectivity index is 0.000000980. The van der Waals surface area contributed by atoms with Gasteiger partial charge in [0.15, 0.2) is 0 Å². The van der Waals surface area contributed by atoms with Crippen LogP contribution in [0.1, 0.15) is 18.6 Å². The molecule has 0 aliphatic heterocycles. The van der Waals surface area contributed by atoms with Crippen molar-refractivity contribution in [3.05, 3.63) is 71.8 Å². The highest BCUT2D eigenvalue weighted by Gasteiger charge is 1.92. The smallest absolute Gasteiger partial charge is 0.00258 e. The van der Waals surface area contributed by atoms with E-state index in [4.69, 9.17) is 0 Å². The zero-order valence-electron chi connectivity index (χ0n) is 7.89. The van der Waals surface area contributed by atoms with E-state index in [1.165, 1.54) is 11.1 Å². The molecule has 2 rings (SSSR count). The summed E-state index contributed by atoms with van der Waals surface area (Å²) in [6, 6.07) is 21.1. The van der Waals surface area contributed by atoms with Gasteiger partial charge in [0.25, 0.3) is 0 Å². The van der Waals surface area contributed by atoms with Crippen LogP contribution in [0, 0.1) is 0 Å². The van der Waals surface area contributed by atoms with Crippen molar-refractivity contribution in [2.24, 2.45) is 0 Å². The lowest BCUT2D eigenvalue weighted by Gasteiger charge is -2.00. The molecule has 0 saturated heterocycles. The lowest BCUT2D eigenvalue weighted by atomic mass is 10.1. The minimum Gasteiger partial charge on any atom is -0.147 e.